The summed E-state index contributed by atoms with van der Waals surface area (Å²) in [6.07, 6.45) is 0.871. The first-order chi connectivity index (χ1) is 21.3. The zero-order valence-corrected chi connectivity index (χ0v) is 25.4. The van der Waals surface area contributed by atoms with Gasteiger partial charge in [-0.2, -0.15) is 5.06 Å². The van der Waals surface area contributed by atoms with Gasteiger partial charge in [-0.25, -0.2) is 4.79 Å². The van der Waals surface area contributed by atoms with Crippen LogP contribution in [0.3, 0.4) is 0 Å². The van der Waals surface area contributed by atoms with Crippen LogP contribution >= 0.6 is 0 Å². The number of ketones is 2. The number of fused-ring (bicyclic) bond motifs is 1. The first kappa shape index (κ1) is 32.7. The van der Waals surface area contributed by atoms with Crippen molar-refractivity contribution in [2.75, 3.05) is 7.11 Å². The fourth-order valence-corrected chi connectivity index (χ4v) is 4.94. The van der Waals surface area contributed by atoms with Crippen LogP contribution in [0.4, 0.5) is 0 Å². The van der Waals surface area contributed by atoms with Crippen LogP contribution < -0.4 is 9.47 Å². The summed E-state index contributed by atoms with van der Waals surface area (Å²) in [5.41, 5.74) is -3.47. The van der Waals surface area contributed by atoms with Crippen LogP contribution in [0, 0.1) is 11.8 Å². The maximum absolute atomic E-state index is 13.6. The van der Waals surface area contributed by atoms with E-state index in [4.69, 9.17) is 14.3 Å². The molecule has 4 rings (SSSR count). The number of hydrogen-bond acceptors (Lipinski definition) is 12. The zero-order chi connectivity index (χ0) is 33.2. The SMILES string of the molecule is CC[C@H](C)CC1(N(O)C(=O)/C(=N\OC)[C@@H](C)CC)Oc2ccc(C3=C(O)C(=O)C(c4ccc(O)cc4)=C(O)C3=O)cc2OC1=O. The maximum atomic E-state index is 13.6. The lowest BCUT2D eigenvalue weighted by Crippen LogP contribution is -2.64. The van der Waals surface area contributed by atoms with E-state index in [1.165, 1.54) is 43.5 Å². The molecule has 1 aliphatic carbocycles. The molecule has 4 N–H and O–H groups in total. The van der Waals surface area contributed by atoms with Gasteiger partial charge in [-0.15, -0.1) is 0 Å². The van der Waals surface area contributed by atoms with Gasteiger partial charge in [0.2, 0.25) is 11.6 Å². The molecule has 13 heteroatoms. The number of oxime groups is 1. The summed E-state index contributed by atoms with van der Waals surface area (Å²) in [5, 5.41) is 46.2. The molecule has 0 spiro atoms. The van der Waals surface area contributed by atoms with Crippen molar-refractivity contribution >= 4 is 40.3 Å². The number of rotatable bonds is 10. The number of phenols is 1. The van der Waals surface area contributed by atoms with Crippen molar-refractivity contribution in [2.24, 2.45) is 17.0 Å². The van der Waals surface area contributed by atoms with Crippen LogP contribution in [0.1, 0.15) is 58.1 Å². The van der Waals surface area contributed by atoms with Gasteiger partial charge in [0.1, 0.15) is 18.6 Å². The number of amides is 1. The van der Waals surface area contributed by atoms with Gasteiger partial charge in [0.15, 0.2) is 23.0 Å². The Kier molecular flexibility index (Phi) is 9.33. The fourth-order valence-electron chi connectivity index (χ4n) is 4.94. The summed E-state index contributed by atoms with van der Waals surface area (Å²) < 4.78 is 11.6. The van der Waals surface area contributed by atoms with E-state index in [1.54, 1.807) is 20.8 Å². The van der Waals surface area contributed by atoms with E-state index in [1.807, 2.05) is 6.92 Å². The molecule has 0 aromatic heterocycles. The Hall–Kier alpha value is -5.17. The Labute approximate surface area is 258 Å². The molecule has 45 heavy (non-hydrogen) atoms. The number of ether oxygens (including phenoxy) is 2. The third-order valence-corrected chi connectivity index (χ3v) is 7.89. The molecule has 0 bridgehead atoms. The molecule has 0 saturated carbocycles. The lowest BCUT2D eigenvalue weighted by molar-refractivity contribution is -0.248. The molecule has 0 radical (unpaired) electrons. The Bertz CT molecular complexity index is 1640. The average molecular weight is 623 g/mol. The van der Waals surface area contributed by atoms with E-state index in [-0.39, 0.29) is 51.5 Å². The molecule has 0 saturated heterocycles. The summed E-state index contributed by atoms with van der Waals surface area (Å²) in [7, 11) is 1.24. The van der Waals surface area contributed by atoms with Crippen molar-refractivity contribution in [2.45, 2.75) is 52.7 Å². The summed E-state index contributed by atoms with van der Waals surface area (Å²) >= 11 is 0. The minimum Gasteiger partial charge on any atom is -0.508 e. The molecule has 2 aromatic rings. The highest BCUT2D eigenvalue weighted by Gasteiger charge is 2.55. The molecule has 1 aliphatic heterocycles. The van der Waals surface area contributed by atoms with Crippen LogP contribution in [-0.2, 0) is 24.0 Å². The number of allylic oxidation sites excluding steroid dienone is 2. The van der Waals surface area contributed by atoms with Crippen molar-refractivity contribution < 1.29 is 54.0 Å². The number of aliphatic hydroxyl groups is 2. The molecule has 0 fully saturated rings. The number of hydrogen-bond donors (Lipinski definition) is 4. The van der Waals surface area contributed by atoms with Gasteiger partial charge in [-0.3, -0.25) is 19.6 Å². The quantitative estimate of drug-likeness (QED) is 0.0729. The standard InChI is InChI=1S/C32H34N2O11/c1-6-16(3)15-32(34(42)30(40)25(33-43-5)17(4)7-2)31(41)44-22-14-19(10-13-21(22)45-32)24-28(38)26(36)23(27(37)29(24)39)18-8-11-20(35)12-9-18/h8-14,16-17,35-36,39,42H,6-7,15H2,1-5H3/b33-25-/t16-,17-,32?/m0/s1. The van der Waals surface area contributed by atoms with Crippen LogP contribution in [0.25, 0.3) is 11.1 Å². The number of benzene rings is 2. The van der Waals surface area contributed by atoms with E-state index < -0.39 is 57.8 Å². The highest BCUT2D eigenvalue weighted by molar-refractivity contribution is 6.46. The number of carbonyl (C=O) groups excluding carboxylic acids is 4. The van der Waals surface area contributed by atoms with E-state index in [0.29, 0.717) is 12.8 Å². The summed E-state index contributed by atoms with van der Waals surface area (Å²) in [4.78, 5) is 58.2. The van der Waals surface area contributed by atoms with Gasteiger partial charge >= 0.3 is 11.7 Å². The Morgan fingerprint density at radius 1 is 0.911 bits per heavy atom. The minimum absolute atomic E-state index is 0.0880. The lowest BCUT2D eigenvalue weighted by Gasteiger charge is -2.41. The number of hydroxylamine groups is 2. The lowest BCUT2D eigenvalue weighted by atomic mass is 9.86. The topological polar surface area (TPSA) is 192 Å². The number of phenolic OH excluding ortho intramolecular Hbond substituents is 1. The van der Waals surface area contributed by atoms with Crippen LogP contribution in [0.5, 0.6) is 17.2 Å². The van der Waals surface area contributed by atoms with Crippen molar-refractivity contribution in [1.82, 2.24) is 5.06 Å². The van der Waals surface area contributed by atoms with E-state index in [0.717, 1.165) is 6.07 Å². The van der Waals surface area contributed by atoms with Gasteiger partial charge in [-0.1, -0.05) is 57.5 Å². The molecular weight excluding hydrogens is 588 g/mol. The molecule has 1 heterocycles. The second-order valence-electron chi connectivity index (χ2n) is 10.9. The van der Waals surface area contributed by atoms with Gasteiger partial charge < -0.3 is 29.6 Å². The number of esters is 1. The van der Waals surface area contributed by atoms with Gasteiger partial charge in [0.05, 0.1) is 11.1 Å². The Balaban J connectivity index is 1.74. The second-order valence-corrected chi connectivity index (χ2v) is 10.9. The van der Waals surface area contributed by atoms with Crippen molar-refractivity contribution in [3.63, 3.8) is 0 Å². The molecule has 2 aliphatic rings. The highest BCUT2D eigenvalue weighted by atomic mass is 16.7. The number of aliphatic hydroxyl groups excluding tert-OH is 2. The summed E-state index contributed by atoms with van der Waals surface area (Å²) in [6.45, 7) is 7.15. The van der Waals surface area contributed by atoms with Gasteiger partial charge in [-0.05, 0) is 47.7 Å². The largest absolute Gasteiger partial charge is 0.508 e. The predicted molar refractivity (Wildman–Crippen MR) is 159 cm³/mol. The molecule has 13 nitrogen and oxygen atoms in total. The van der Waals surface area contributed by atoms with Crippen LogP contribution in [0.15, 0.2) is 59.1 Å². The van der Waals surface area contributed by atoms with E-state index in [2.05, 4.69) is 5.16 Å². The number of carbonyl (C=O) groups is 4. The Morgan fingerprint density at radius 2 is 1.49 bits per heavy atom. The number of aromatic hydroxyl groups is 1. The van der Waals surface area contributed by atoms with Crippen LogP contribution in [-0.4, -0.2) is 67.6 Å². The van der Waals surface area contributed by atoms with E-state index >= 15 is 0 Å². The monoisotopic (exact) mass is 622 g/mol. The summed E-state index contributed by atoms with van der Waals surface area (Å²) in [5.74, 6) is -7.32. The third kappa shape index (κ3) is 5.86. The van der Waals surface area contributed by atoms with Gasteiger partial charge in [0.25, 0.3) is 5.91 Å². The molecule has 3 atom stereocenters. The molecular formula is C32H34N2O11. The summed E-state index contributed by atoms with van der Waals surface area (Å²) in [6, 6.07) is 8.80. The van der Waals surface area contributed by atoms with Crippen molar-refractivity contribution in [3.05, 3.63) is 65.1 Å². The molecule has 1 amide bonds. The maximum Gasteiger partial charge on any atom is 0.380 e. The first-order valence-corrected chi connectivity index (χ1v) is 14.3. The average Bonchev–Trinajstić information content (AvgIpc) is 3.03. The normalized spacial score (nSPS) is 19.9. The zero-order valence-electron chi connectivity index (χ0n) is 25.4. The molecule has 238 valence electrons. The number of Topliss-reactive ketones (excluding diaryl/α,β-unsaturated/α-hetero) is 2. The predicted octanol–water partition coefficient (Wildman–Crippen LogP) is 4.48. The molecule has 2 aromatic carbocycles. The van der Waals surface area contributed by atoms with Crippen LogP contribution in [0.2, 0.25) is 0 Å². The number of nitrogens with zero attached hydrogens (tertiary/aromatic N) is 2. The van der Waals surface area contributed by atoms with Crippen molar-refractivity contribution in [3.8, 4) is 17.2 Å². The smallest absolute Gasteiger partial charge is 0.380 e. The third-order valence-electron chi connectivity index (χ3n) is 7.89. The fraction of sp³-hybridized carbons (Fsp3) is 0.344. The minimum atomic E-state index is -2.32. The van der Waals surface area contributed by atoms with E-state index in [9.17, 15) is 39.7 Å². The molecule has 1 unspecified atom stereocenters. The second kappa shape index (κ2) is 12.8. The highest BCUT2D eigenvalue weighted by Crippen LogP contribution is 2.43. The van der Waals surface area contributed by atoms with Crippen molar-refractivity contribution in [1.29, 1.82) is 0 Å². The first-order valence-electron chi connectivity index (χ1n) is 14.3. The Morgan fingerprint density at radius 3 is 2.04 bits per heavy atom. The van der Waals surface area contributed by atoms with Gasteiger partial charge in [0, 0.05) is 12.3 Å².